The second-order valence-electron chi connectivity index (χ2n) is 9.76. The summed E-state index contributed by atoms with van der Waals surface area (Å²) in [7, 11) is 0. The highest BCUT2D eigenvalue weighted by atomic mass is 35.5. The molecule has 1 aliphatic heterocycles. The Morgan fingerprint density at radius 3 is 2.61 bits per heavy atom. The predicted molar refractivity (Wildman–Crippen MR) is 147 cm³/mol. The Balaban J connectivity index is 1.19. The Hall–Kier alpha value is -4.70. The molecule has 1 fully saturated rings. The quantitative estimate of drug-likeness (QED) is 0.249. The fourth-order valence-electron chi connectivity index (χ4n) is 5.09. The SMILES string of the molecule is O=C(Nc1cccc(CN2C(=O)Oc3cc(Oc4ccc(Cl)nn4)ccc3C23CCC3)c1F)OCc1ccccc1. The van der Waals surface area contributed by atoms with Crippen molar-refractivity contribution in [2.75, 3.05) is 5.32 Å². The van der Waals surface area contributed by atoms with Crippen LogP contribution in [0.5, 0.6) is 17.4 Å². The zero-order valence-corrected chi connectivity index (χ0v) is 22.4. The van der Waals surface area contributed by atoms with Gasteiger partial charge in [0.2, 0.25) is 5.88 Å². The van der Waals surface area contributed by atoms with E-state index < -0.39 is 23.5 Å². The number of halogens is 2. The van der Waals surface area contributed by atoms with Crippen LogP contribution >= 0.6 is 11.6 Å². The first kappa shape index (κ1) is 26.5. The minimum absolute atomic E-state index is 0.0407. The zero-order valence-electron chi connectivity index (χ0n) is 21.7. The summed E-state index contributed by atoms with van der Waals surface area (Å²) in [5, 5.41) is 10.3. The molecule has 9 nitrogen and oxygen atoms in total. The smallest absolute Gasteiger partial charge is 0.416 e. The average molecular weight is 575 g/mol. The van der Waals surface area contributed by atoms with E-state index in [-0.39, 0.29) is 35.4 Å². The van der Waals surface area contributed by atoms with Gasteiger partial charge in [-0.3, -0.25) is 10.2 Å². The molecule has 208 valence electrons. The van der Waals surface area contributed by atoms with Crippen LogP contribution in [0.4, 0.5) is 19.7 Å². The molecule has 4 aromatic rings. The minimum atomic E-state index is -0.783. The first-order valence-electron chi connectivity index (χ1n) is 13.0. The third-order valence-corrected chi connectivity index (χ3v) is 7.46. The van der Waals surface area contributed by atoms with E-state index in [1.807, 2.05) is 36.4 Å². The number of carbonyl (C=O) groups is 2. The van der Waals surface area contributed by atoms with Gasteiger partial charge in [-0.15, -0.1) is 10.2 Å². The van der Waals surface area contributed by atoms with E-state index in [1.165, 1.54) is 6.07 Å². The molecule has 0 atom stereocenters. The number of hydrogen-bond acceptors (Lipinski definition) is 7. The lowest BCUT2D eigenvalue weighted by Crippen LogP contribution is -2.57. The molecule has 1 N–H and O–H groups in total. The van der Waals surface area contributed by atoms with Gasteiger partial charge < -0.3 is 14.2 Å². The van der Waals surface area contributed by atoms with Gasteiger partial charge in [-0.1, -0.05) is 54.1 Å². The van der Waals surface area contributed by atoms with Crippen molar-refractivity contribution in [3.8, 4) is 17.4 Å². The summed E-state index contributed by atoms with van der Waals surface area (Å²) < 4.78 is 32.2. The molecule has 1 aliphatic carbocycles. The Kier molecular flexibility index (Phi) is 7.15. The highest BCUT2D eigenvalue weighted by Gasteiger charge is 2.51. The van der Waals surface area contributed by atoms with E-state index in [2.05, 4.69) is 15.5 Å². The van der Waals surface area contributed by atoms with Gasteiger partial charge >= 0.3 is 12.2 Å². The van der Waals surface area contributed by atoms with E-state index in [4.69, 9.17) is 25.8 Å². The molecule has 1 spiro atoms. The summed E-state index contributed by atoms with van der Waals surface area (Å²) in [6.07, 6.45) is 0.918. The number of aromatic nitrogens is 2. The largest absolute Gasteiger partial charge is 0.444 e. The van der Waals surface area contributed by atoms with E-state index in [0.717, 1.165) is 17.5 Å². The van der Waals surface area contributed by atoms with Crippen molar-refractivity contribution in [1.82, 2.24) is 15.1 Å². The Morgan fingerprint density at radius 1 is 1.05 bits per heavy atom. The molecule has 41 heavy (non-hydrogen) atoms. The average Bonchev–Trinajstić information content (AvgIpc) is 2.95. The molecule has 2 heterocycles. The number of hydrogen-bond donors (Lipinski definition) is 1. The van der Waals surface area contributed by atoms with Gasteiger partial charge in [0.05, 0.1) is 17.8 Å². The van der Waals surface area contributed by atoms with E-state index >= 15 is 4.39 Å². The standard InChI is InChI=1S/C30H24ClFN4O5/c31-25-12-13-26(35-34-25)40-21-10-11-22-24(16-21)41-29(38)36(30(22)14-5-15-30)17-20-8-4-9-23(27(20)32)33-28(37)39-18-19-6-2-1-3-7-19/h1-4,6-13,16H,5,14-15,17-18H2,(H,33,37). The number of benzene rings is 3. The van der Waals surface area contributed by atoms with Gasteiger partial charge in [-0.2, -0.15) is 0 Å². The van der Waals surface area contributed by atoms with E-state index in [0.29, 0.717) is 24.3 Å². The van der Waals surface area contributed by atoms with Crippen molar-refractivity contribution in [2.24, 2.45) is 0 Å². The molecule has 1 saturated carbocycles. The Labute approximate surface area is 239 Å². The van der Waals surface area contributed by atoms with Crippen LogP contribution in [0, 0.1) is 5.82 Å². The molecule has 6 rings (SSSR count). The molecular weight excluding hydrogens is 551 g/mol. The van der Waals surface area contributed by atoms with Gasteiger partial charge in [0.1, 0.15) is 18.1 Å². The molecule has 2 amide bonds. The molecule has 11 heteroatoms. The molecule has 0 saturated heterocycles. The van der Waals surface area contributed by atoms with Crippen LogP contribution in [0.25, 0.3) is 0 Å². The Morgan fingerprint density at radius 2 is 1.88 bits per heavy atom. The number of amides is 2. The van der Waals surface area contributed by atoms with Crippen molar-refractivity contribution in [2.45, 2.75) is 38.0 Å². The number of ether oxygens (including phenoxy) is 3. The molecule has 0 bridgehead atoms. The molecular formula is C30H24ClFN4O5. The summed E-state index contributed by atoms with van der Waals surface area (Å²) in [6, 6.07) is 22.2. The van der Waals surface area contributed by atoms with Crippen molar-refractivity contribution < 1.29 is 28.2 Å². The molecule has 2 aliphatic rings. The highest BCUT2D eigenvalue weighted by molar-refractivity contribution is 6.29. The maximum atomic E-state index is 15.5. The monoisotopic (exact) mass is 574 g/mol. The van der Waals surface area contributed by atoms with E-state index in [9.17, 15) is 9.59 Å². The molecule has 3 aromatic carbocycles. The third kappa shape index (κ3) is 5.38. The fourth-order valence-corrected chi connectivity index (χ4v) is 5.19. The van der Waals surface area contributed by atoms with Crippen LogP contribution in [-0.4, -0.2) is 27.3 Å². The number of nitrogens with zero attached hydrogens (tertiary/aromatic N) is 3. The molecule has 0 unspecified atom stereocenters. The van der Waals surface area contributed by atoms with Gasteiger partial charge in [0.25, 0.3) is 0 Å². The predicted octanol–water partition coefficient (Wildman–Crippen LogP) is 7.20. The van der Waals surface area contributed by atoms with Crippen molar-refractivity contribution in [3.05, 3.63) is 107 Å². The summed E-state index contributed by atoms with van der Waals surface area (Å²) in [5.74, 6) is 0.386. The summed E-state index contributed by atoms with van der Waals surface area (Å²) in [5.41, 5.74) is 1.18. The fraction of sp³-hybridized carbons (Fsp3) is 0.200. The van der Waals surface area contributed by atoms with Gasteiger partial charge in [-0.25, -0.2) is 14.0 Å². The highest BCUT2D eigenvalue weighted by Crippen LogP contribution is 2.53. The summed E-state index contributed by atoms with van der Waals surface area (Å²) in [6.45, 7) is 0.00664. The summed E-state index contributed by atoms with van der Waals surface area (Å²) in [4.78, 5) is 27.2. The lowest BCUT2D eigenvalue weighted by Gasteiger charge is -2.52. The zero-order chi connectivity index (χ0) is 28.4. The number of fused-ring (bicyclic) bond motifs is 2. The third-order valence-electron chi connectivity index (χ3n) is 7.26. The summed E-state index contributed by atoms with van der Waals surface area (Å²) >= 11 is 5.79. The maximum Gasteiger partial charge on any atom is 0.416 e. The first-order valence-corrected chi connectivity index (χ1v) is 13.4. The number of rotatable bonds is 7. The second-order valence-corrected chi connectivity index (χ2v) is 10.1. The molecule has 0 radical (unpaired) electrons. The number of nitrogens with one attached hydrogen (secondary N) is 1. The van der Waals surface area contributed by atoms with Crippen LogP contribution in [0.15, 0.2) is 78.9 Å². The van der Waals surface area contributed by atoms with Crippen molar-refractivity contribution in [1.29, 1.82) is 0 Å². The van der Waals surface area contributed by atoms with Gasteiger partial charge in [0.15, 0.2) is 11.0 Å². The minimum Gasteiger partial charge on any atom is -0.444 e. The van der Waals surface area contributed by atoms with Crippen molar-refractivity contribution >= 4 is 29.5 Å². The van der Waals surface area contributed by atoms with Crippen LogP contribution < -0.4 is 14.8 Å². The normalized spacial score (nSPS) is 15.0. The van der Waals surface area contributed by atoms with Crippen molar-refractivity contribution in [3.63, 3.8) is 0 Å². The topological polar surface area (TPSA) is 103 Å². The maximum absolute atomic E-state index is 15.5. The van der Waals surface area contributed by atoms with Crippen LogP contribution in [0.2, 0.25) is 5.15 Å². The number of anilines is 1. The van der Waals surface area contributed by atoms with Crippen LogP contribution in [0.1, 0.15) is 36.0 Å². The van der Waals surface area contributed by atoms with E-state index in [1.54, 1.807) is 41.3 Å². The van der Waals surface area contributed by atoms with Gasteiger partial charge in [-0.05, 0) is 49.1 Å². The molecule has 1 aromatic heterocycles. The number of carbonyl (C=O) groups excluding carboxylic acids is 2. The lowest BCUT2D eigenvalue weighted by atomic mass is 9.69. The van der Waals surface area contributed by atoms with Crippen LogP contribution in [-0.2, 0) is 23.4 Å². The lowest BCUT2D eigenvalue weighted by molar-refractivity contribution is 0.00113. The Bertz CT molecular complexity index is 1600. The first-order chi connectivity index (χ1) is 19.9. The second kappa shape index (κ2) is 11.1. The van der Waals surface area contributed by atoms with Crippen LogP contribution in [0.3, 0.4) is 0 Å². The van der Waals surface area contributed by atoms with Gasteiger partial charge in [0, 0.05) is 23.3 Å².